The number of carbonyl (C=O) groups excluding carboxylic acids is 1. The van der Waals surface area contributed by atoms with E-state index >= 15 is 0 Å². The molecule has 7 heteroatoms. The molecule has 2 N–H and O–H groups in total. The van der Waals surface area contributed by atoms with Gasteiger partial charge in [-0.1, -0.05) is 39.0 Å². The lowest BCUT2D eigenvalue weighted by Crippen LogP contribution is -2.30. The largest absolute Gasteiger partial charge is 0.481 e. The summed E-state index contributed by atoms with van der Waals surface area (Å²) in [5, 5.41) is 2.77. The number of nitrogens with one attached hydrogen (secondary N) is 2. The van der Waals surface area contributed by atoms with Crippen molar-refractivity contribution in [3.8, 4) is 5.75 Å². The molecule has 2 rings (SSSR count). The van der Waals surface area contributed by atoms with Crippen molar-refractivity contribution < 1.29 is 17.9 Å². The van der Waals surface area contributed by atoms with Crippen LogP contribution in [0.25, 0.3) is 0 Å². The molecule has 158 valence electrons. The number of hydrogen-bond acceptors (Lipinski definition) is 4. The van der Waals surface area contributed by atoms with Gasteiger partial charge in [0, 0.05) is 12.2 Å². The van der Waals surface area contributed by atoms with Crippen molar-refractivity contribution in [2.45, 2.75) is 57.5 Å². The summed E-state index contributed by atoms with van der Waals surface area (Å²) in [4.78, 5) is 12.7. The number of amides is 1. The zero-order chi connectivity index (χ0) is 21.4. The molecule has 0 bridgehead atoms. The predicted octanol–water partition coefficient (Wildman–Crippen LogP) is 4.29. The van der Waals surface area contributed by atoms with Crippen molar-refractivity contribution in [3.63, 3.8) is 0 Å². The van der Waals surface area contributed by atoms with Crippen LogP contribution >= 0.6 is 0 Å². The monoisotopic (exact) mass is 418 g/mol. The molecule has 0 aliphatic rings. The van der Waals surface area contributed by atoms with Crippen LogP contribution in [0.4, 0.5) is 5.69 Å². The third-order valence-corrected chi connectivity index (χ3v) is 6.19. The Balaban J connectivity index is 2.03. The fraction of sp³-hybridized carbons (Fsp3) is 0.409. The van der Waals surface area contributed by atoms with Crippen LogP contribution in [-0.2, 0) is 14.8 Å². The van der Waals surface area contributed by atoms with E-state index in [1.54, 1.807) is 19.1 Å². The van der Waals surface area contributed by atoms with E-state index in [0.29, 0.717) is 30.3 Å². The van der Waals surface area contributed by atoms with Crippen LogP contribution < -0.4 is 14.8 Å². The number of sulfonamides is 1. The minimum absolute atomic E-state index is 0.163. The average Bonchev–Trinajstić information content (AvgIpc) is 2.72. The van der Waals surface area contributed by atoms with E-state index in [1.807, 2.05) is 31.2 Å². The van der Waals surface area contributed by atoms with Crippen LogP contribution in [0.3, 0.4) is 0 Å². The number of para-hydroxylation sites is 1. The summed E-state index contributed by atoms with van der Waals surface area (Å²) in [6.45, 7) is 8.20. The second-order valence-corrected chi connectivity index (χ2v) is 8.79. The first-order valence-corrected chi connectivity index (χ1v) is 11.4. The minimum Gasteiger partial charge on any atom is -0.481 e. The van der Waals surface area contributed by atoms with Gasteiger partial charge in [0.05, 0.1) is 4.90 Å². The Morgan fingerprint density at radius 3 is 2.31 bits per heavy atom. The molecular formula is C22H30N2O4S. The minimum atomic E-state index is -3.53. The van der Waals surface area contributed by atoms with Crippen molar-refractivity contribution in [2.75, 3.05) is 11.9 Å². The van der Waals surface area contributed by atoms with Gasteiger partial charge in [0.25, 0.3) is 5.91 Å². The second-order valence-electron chi connectivity index (χ2n) is 7.02. The van der Waals surface area contributed by atoms with E-state index in [0.717, 1.165) is 12.0 Å². The van der Waals surface area contributed by atoms with E-state index in [9.17, 15) is 13.2 Å². The lowest BCUT2D eigenvalue weighted by molar-refractivity contribution is -0.122. The highest BCUT2D eigenvalue weighted by atomic mass is 32.2. The molecule has 0 aliphatic carbocycles. The standard InChI is InChI=1S/C22H30N2O4S/c1-5-15-23-29(26,27)19-13-11-18(12-14-19)24-22(25)17(4)28-21-10-8-7-9-20(21)16(3)6-2/h7-14,16-17,23H,5-6,15H2,1-4H3,(H,24,25). The molecule has 2 atom stereocenters. The normalized spacial score (nSPS) is 13.5. The van der Waals surface area contributed by atoms with Crippen molar-refractivity contribution in [1.82, 2.24) is 4.72 Å². The fourth-order valence-electron chi connectivity index (χ4n) is 2.74. The van der Waals surface area contributed by atoms with E-state index < -0.39 is 16.1 Å². The molecule has 2 aromatic rings. The molecule has 0 saturated carbocycles. The fourth-order valence-corrected chi connectivity index (χ4v) is 3.87. The molecule has 6 nitrogen and oxygen atoms in total. The molecule has 0 saturated heterocycles. The van der Waals surface area contributed by atoms with Gasteiger partial charge in [-0.05, 0) is 61.6 Å². The maximum absolute atomic E-state index is 12.5. The Morgan fingerprint density at radius 1 is 1.03 bits per heavy atom. The van der Waals surface area contributed by atoms with E-state index in [-0.39, 0.29) is 10.8 Å². The highest BCUT2D eigenvalue weighted by Crippen LogP contribution is 2.29. The van der Waals surface area contributed by atoms with Crippen molar-refractivity contribution >= 4 is 21.6 Å². The first kappa shape index (κ1) is 22.9. The summed E-state index contributed by atoms with van der Waals surface area (Å²) in [6, 6.07) is 13.8. The van der Waals surface area contributed by atoms with Gasteiger partial charge >= 0.3 is 0 Å². The van der Waals surface area contributed by atoms with Crippen LogP contribution in [0.2, 0.25) is 0 Å². The second kappa shape index (κ2) is 10.4. The SMILES string of the molecule is CCCNS(=O)(=O)c1ccc(NC(=O)C(C)Oc2ccccc2C(C)CC)cc1. The maximum Gasteiger partial charge on any atom is 0.265 e. The predicted molar refractivity (Wildman–Crippen MR) is 116 cm³/mol. The number of rotatable bonds is 10. The number of ether oxygens (including phenoxy) is 1. The molecular weight excluding hydrogens is 388 g/mol. The smallest absolute Gasteiger partial charge is 0.265 e. The van der Waals surface area contributed by atoms with Gasteiger partial charge < -0.3 is 10.1 Å². The first-order valence-electron chi connectivity index (χ1n) is 9.94. The lowest BCUT2D eigenvalue weighted by Gasteiger charge is -2.19. The highest BCUT2D eigenvalue weighted by Gasteiger charge is 2.19. The Hall–Kier alpha value is -2.38. The summed E-state index contributed by atoms with van der Waals surface area (Å²) >= 11 is 0. The van der Waals surface area contributed by atoms with Crippen LogP contribution in [0.5, 0.6) is 5.75 Å². The van der Waals surface area contributed by atoms with Gasteiger partial charge in [0.15, 0.2) is 6.10 Å². The molecule has 2 aromatic carbocycles. The Bertz CT molecular complexity index is 911. The van der Waals surface area contributed by atoms with Crippen molar-refractivity contribution in [3.05, 3.63) is 54.1 Å². The average molecular weight is 419 g/mol. The van der Waals surface area contributed by atoms with E-state index in [1.165, 1.54) is 12.1 Å². The Morgan fingerprint density at radius 2 is 1.69 bits per heavy atom. The van der Waals surface area contributed by atoms with Crippen LogP contribution in [-0.4, -0.2) is 27.0 Å². The van der Waals surface area contributed by atoms with Crippen LogP contribution in [0, 0.1) is 0 Å². The summed E-state index contributed by atoms with van der Waals surface area (Å²) in [5.41, 5.74) is 1.58. The number of carbonyl (C=O) groups is 1. The van der Waals surface area contributed by atoms with Gasteiger partial charge in [0.2, 0.25) is 10.0 Å². The van der Waals surface area contributed by atoms with Gasteiger partial charge in [-0.15, -0.1) is 0 Å². The summed E-state index contributed by atoms with van der Waals surface area (Å²) in [6.07, 6.45) is 0.990. The maximum atomic E-state index is 12.5. The summed E-state index contributed by atoms with van der Waals surface area (Å²) < 4.78 is 32.7. The third-order valence-electron chi connectivity index (χ3n) is 4.71. The van der Waals surface area contributed by atoms with Crippen molar-refractivity contribution in [1.29, 1.82) is 0 Å². The Labute approximate surface area is 173 Å². The summed E-state index contributed by atoms with van der Waals surface area (Å²) in [7, 11) is -3.53. The van der Waals surface area contributed by atoms with Gasteiger partial charge in [0.1, 0.15) is 5.75 Å². The number of anilines is 1. The van der Waals surface area contributed by atoms with Gasteiger partial charge in [-0.25, -0.2) is 13.1 Å². The van der Waals surface area contributed by atoms with Gasteiger partial charge in [-0.3, -0.25) is 4.79 Å². The molecule has 29 heavy (non-hydrogen) atoms. The summed E-state index contributed by atoms with van der Waals surface area (Å²) in [5.74, 6) is 0.730. The highest BCUT2D eigenvalue weighted by molar-refractivity contribution is 7.89. The zero-order valence-corrected chi connectivity index (χ0v) is 18.3. The molecule has 2 unspecified atom stereocenters. The molecule has 0 fully saturated rings. The molecule has 0 heterocycles. The first-order chi connectivity index (χ1) is 13.8. The van der Waals surface area contributed by atoms with Crippen LogP contribution in [0.1, 0.15) is 52.0 Å². The lowest BCUT2D eigenvalue weighted by atomic mass is 9.98. The van der Waals surface area contributed by atoms with E-state index in [2.05, 4.69) is 23.9 Å². The van der Waals surface area contributed by atoms with Crippen LogP contribution in [0.15, 0.2) is 53.4 Å². The molecule has 0 radical (unpaired) electrons. The topological polar surface area (TPSA) is 84.5 Å². The number of benzene rings is 2. The molecule has 0 spiro atoms. The quantitative estimate of drug-likeness (QED) is 0.603. The zero-order valence-electron chi connectivity index (χ0n) is 17.4. The molecule has 1 amide bonds. The Kier molecular flexibility index (Phi) is 8.22. The third kappa shape index (κ3) is 6.30. The molecule has 0 aliphatic heterocycles. The van der Waals surface area contributed by atoms with Gasteiger partial charge in [-0.2, -0.15) is 0 Å². The van der Waals surface area contributed by atoms with Crippen molar-refractivity contribution in [2.24, 2.45) is 0 Å². The number of hydrogen-bond donors (Lipinski definition) is 2. The van der Waals surface area contributed by atoms with E-state index in [4.69, 9.17) is 4.74 Å². The molecule has 0 aromatic heterocycles.